The normalized spacial score (nSPS) is 21.3. The van der Waals surface area contributed by atoms with Crippen molar-refractivity contribution in [3.05, 3.63) is 11.6 Å². The molecule has 2 N–H and O–H groups in total. The van der Waals surface area contributed by atoms with Crippen molar-refractivity contribution >= 4 is 34.5 Å². The first-order valence-electron chi connectivity index (χ1n) is 5.03. The Morgan fingerprint density at radius 2 is 2.39 bits per heavy atom. The Morgan fingerprint density at radius 3 is 3.00 bits per heavy atom. The highest BCUT2D eigenvalue weighted by atomic mass is 35.5. The van der Waals surface area contributed by atoms with Gasteiger partial charge in [-0.15, -0.1) is 0 Å². The topological polar surface area (TPSA) is 104 Å². The second-order valence-corrected chi connectivity index (χ2v) is 3.75. The third kappa shape index (κ3) is 2.02. The minimum atomic E-state index is -1.18. The highest BCUT2D eigenvalue weighted by Crippen LogP contribution is 2.21. The number of fused-ring (bicyclic) bond motifs is 1. The van der Waals surface area contributed by atoms with E-state index in [1.807, 2.05) is 0 Å². The first kappa shape index (κ1) is 12.4. The average molecular weight is 273 g/mol. The summed E-state index contributed by atoms with van der Waals surface area (Å²) < 4.78 is 4.78. The van der Waals surface area contributed by atoms with Crippen LogP contribution in [0.5, 0.6) is 0 Å². The van der Waals surface area contributed by atoms with Crippen LogP contribution in [0.1, 0.15) is 6.92 Å². The zero-order valence-corrected chi connectivity index (χ0v) is 10.0. The molecule has 2 aliphatic heterocycles. The summed E-state index contributed by atoms with van der Waals surface area (Å²) in [6, 6.07) is 0. The van der Waals surface area contributed by atoms with Gasteiger partial charge in [-0.05, 0) is 13.0 Å². The first-order valence-corrected chi connectivity index (χ1v) is 5.41. The van der Waals surface area contributed by atoms with Crippen molar-refractivity contribution in [2.45, 2.75) is 13.1 Å². The molecule has 0 amide bonds. The van der Waals surface area contributed by atoms with E-state index in [1.165, 1.54) is 6.08 Å². The molecule has 18 heavy (non-hydrogen) atoms. The molecule has 1 unspecified atom stereocenters. The number of hydrazone groups is 2. The van der Waals surface area contributed by atoms with Crippen LogP contribution in [0.3, 0.4) is 0 Å². The van der Waals surface area contributed by atoms with E-state index in [0.29, 0.717) is 0 Å². The lowest BCUT2D eigenvalue weighted by Gasteiger charge is -2.24. The molecule has 2 rings (SSSR count). The molecule has 0 bridgehead atoms. The predicted molar refractivity (Wildman–Crippen MR) is 61.8 cm³/mol. The van der Waals surface area contributed by atoms with Crippen LogP contribution in [0.2, 0.25) is 0 Å². The fourth-order valence-electron chi connectivity index (χ4n) is 1.51. The molecule has 2 heterocycles. The molecule has 2 aliphatic rings. The van der Waals surface area contributed by atoms with Crippen LogP contribution in [0, 0.1) is 0 Å². The molecule has 0 fully saturated rings. The van der Waals surface area contributed by atoms with E-state index >= 15 is 0 Å². The van der Waals surface area contributed by atoms with Crippen molar-refractivity contribution in [1.82, 2.24) is 10.4 Å². The maximum atomic E-state index is 11.6. The van der Waals surface area contributed by atoms with Gasteiger partial charge in [0.15, 0.2) is 6.17 Å². The van der Waals surface area contributed by atoms with Gasteiger partial charge in [-0.3, -0.25) is 5.43 Å². The van der Waals surface area contributed by atoms with E-state index in [1.54, 1.807) is 6.92 Å². The predicted octanol–water partition coefficient (Wildman–Crippen LogP) is -0.329. The largest absolute Gasteiger partial charge is 0.478 e. The van der Waals surface area contributed by atoms with E-state index < -0.39 is 18.1 Å². The molecular weight excluding hydrogens is 264 g/mol. The third-order valence-electron chi connectivity index (χ3n) is 2.23. The molecule has 1 atom stereocenters. The van der Waals surface area contributed by atoms with Gasteiger partial charge in [-0.2, -0.15) is 10.2 Å². The molecule has 8 nitrogen and oxygen atoms in total. The zero-order chi connectivity index (χ0) is 13.3. The van der Waals surface area contributed by atoms with Crippen LogP contribution in [-0.2, 0) is 14.3 Å². The van der Waals surface area contributed by atoms with Gasteiger partial charge in [0.25, 0.3) is 5.84 Å². The van der Waals surface area contributed by atoms with Crippen LogP contribution in [0.25, 0.3) is 0 Å². The number of carboxylic acids is 1. The van der Waals surface area contributed by atoms with Crippen molar-refractivity contribution in [3.63, 3.8) is 0 Å². The van der Waals surface area contributed by atoms with Gasteiger partial charge in [-0.1, -0.05) is 11.6 Å². The zero-order valence-electron chi connectivity index (χ0n) is 9.25. The smallest absolute Gasteiger partial charge is 0.377 e. The number of rotatable bonds is 3. The number of allylic oxidation sites excluding steroid dienone is 1. The number of hydrogen-bond donors (Lipinski definition) is 2. The summed E-state index contributed by atoms with van der Waals surface area (Å²) in [5.41, 5.74) is 2.44. The summed E-state index contributed by atoms with van der Waals surface area (Å²) in [6.07, 6.45) is 0.339. The number of ether oxygens (including phenoxy) is 1. The first-order chi connectivity index (χ1) is 8.54. The number of nitrogens with zero attached hydrogens (tertiary/aromatic N) is 3. The van der Waals surface area contributed by atoms with Gasteiger partial charge < -0.3 is 9.84 Å². The number of carbonyl (C=O) groups excluding carboxylic acids is 1. The average Bonchev–Trinajstić information content (AvgIpc) is 2.71. The molecule has 0 aromatic carbocycles. The maximum Gasteiger partial charge on any atom is 0.377 e. The van der Waals surface area contributed by atoms with E-state index in [-0.39, 0.29) is 23.2 Å². The standard InChI is InChI=1S/C9H9ClN4O4/c1-2-18-9(17)7-12-11-6-4(8(15)16)3-5(10)13-14(6)7/h3,6,11H,2H2,1H3,(H,15,16). The molecular formula is C9H9ClN4O4. The molecule has 96 valence electrons. The van der Waals surface area contributed by atoms with E-state index in [4.69, 9.17) is 21.4 Å². The van der Waals surface area contributed by atoms with Gasteiger partial charge in [0, 0.05) is 0 Å². The van der Waals surface area contributed by atoms with Crippen LogP contribution in [-0.4, -0.2) is 45.8 Å². The lowest BCUT2D eigenvalue weighted by atomic mass is 10.2. The number of amidine groups is 1. The number of carbonyl (C=O) groups is 2. The van der Waals surface area contributed by atoms with Crippen LogP contribution >= 0.6 is 11.6 Å². The minimum absolute atomic E-state index is 0.0515. The summed E-state index contributed by atoms with van der Waals surface area (Å²) in [5, 5.41) is 17.6. The van der Waals surface area contributed by atoms with Crippen LogP contribution in [0.15, 0.2) is 21.9 Å². The Morgan fingerprint density at radius 1 is 1.67 bits per heavy atom. The van der Waals surface area contributed by atoms with Gasteiger partial charge in [0.1, 0.15) is 5.17 Å². The number of carboxylic acid groups (broad SMARTS) is 1. The van der Waals surface area contributed by atoms with Gasteiger partial charge in [0.05, 0.1) is 12.2 Å². The summed E-state index contributed by atoms with van der Waals surface area (Å²) in [4.78, 5) is 22.6. The molecule has 0 saturated heterocycles. The van der Waals surface area contributed by atoms with Gasteiger partial charge in [0.2, 0.25) is 0 Å². The van der Waals surface area contributed by atoms with Crippen LogP contribution in [0.4, 0.5) is 0 Å². The Balaban J connectivity index is 2.27. The Hall–Kier alpha value is -2.09. The number of halogens is 1. The maximum absolute atomic E-state index is 11.6. The molecule has 0 aromatic rings. The summed E-state index contributed by atoms with van der Waals surface area (Å²) in [5.74, 6) is -2.01. The molecule has 0 radical (unpaired) electrons. The minimum Gasteiger partial charge on any atom is -0.478 e. The Kier molecular flexibility index (Phi) is 3.19. The highest BCUT2D eigenvalue weighted by molar-refractivity contribution is 6.68. The van der Waals surface area contributed by atoms with Gasteiger partial charge >= 0.3 is 11.9 Å². The van der Waals surface area contributed by atoms with Gasteiger partial charge in [-0.25, -0.2) is 14.6 Å². The number of esters is 1. The van der Waals surface area contributed by atoms with Crippen molar-refractivity contribution < 1.29 is 19.4 Å². The quantitative estimate of drug-likeness (QED) is 0.682. The molecule has 0 saturated carbocycles. The second kappa shape index (κ2) is 4.65. The number of aliphatic carboxylic acids is 1. The lowest BCUT2D eigenvalue weighted by molar-refractivity contribution is -0.136. The Labute approximate surface area is 107 Å². The number of hydrogen-bond acceptors (Lipinski definition) is 7. The van der Waals surface area contributed by atoms with Crippen LogP contribution < -0.4 is 5.43 Å². The lowest BCUT2D eigenvalue weighted by Crippen LogP contribution is -2.45. The van der Waals surface area contributed by atoms with E-state index in [0.717, 1.165) is 5.01 Å². The fourth-order valence-corrected chi connectivity index (χ4v) is 1.71. The SMILES string of the molecule is CCOC(=O)C1=NNC2C(C(=O)O)=CC(Cl)=NN12. The van der Waals surface area contributed by atoms with E-state index in [9.17, 15) is 9.59 Å². The Bertz CT molecular complexity index is 499. The fraction of sp³-hybridized carbons (Fsp3) is 0.333. The van der Waals surface area contributed by atoms with Crippen molar-refractivity contribution in [1.29, 1.82) is 0 Å². The summed E-state index contributed by atoms with van der Waals surface area (Å²) in [6.45, 7) is 1.82. The third-order valence-corrected chi connectivity index (χ3v) is 2.42. The summed E-state index contributed by atoms with van der Waals surface area (Å²) >= 11 is 5.70. The molecule has 0 spiro atoms. The summed E-state index contributed by atoms with van der Waals surface area (Å²) in [7, 11) is 0. The monoisotopic (exact) mass is 272 g/mol. The second-order valence-electron chi connectivity index (χ2n) is 3.36. The van der Waals surface area contributed by atoms with Crippen molar-refractivity contribution in [2.75, 3.05) is 6.61 Å². The number of nitrogens with one attached hydrogen (secondary N) is 1. The van der Waals surface area contributed by atoms with Crippen molar-refractivity contribution in [2.24, 2.45) is 10.2 Å². The molecule has 0 aromatic heterocycles. The highest BCUT2D eigenvalue weighted by Gasteiger charge is 2.40. The molecule has 9 heteroatoms. The molecule has 0 aliphatic carbocycles. The van der Waals surface area contributed by atoms with E-state index in [2.05, 4.69) is 15.6 Å². The van der Waals surface area contributed by atoms with Crippen molar-refractivity contribution in [3.8, 4) is 0 Å².